The van der Waals surface area contributed by atoms with Crippen LogP contribution in [0.4, 0.5) is 14.5 Å². The van der Waals surface area contributed by atoms with E-state index >= 15 is 0 Å². The molecule has 1 aliphatic rings. The van der Waals surface area contributed by atoms with Crippen molar-refractivity contribution in [1.29, 1.82) is 0 Å². The Morgan fingerprint density at radius 1 is 1.24 bits per heavy atom. The molecule has 0 spiro atoms. The number of hydrogen-bond donors (Lipinski definition) is 3. The molecule has 29 heavy (non-hydrogen) atoms. The van der Waals surface area contributed by atoms with Gasteiger partial charge in [-0.25, -0.2) is 19.2 Å². The summed E-state index contributed by atoms with van der Waals surface area (Å²) in [6.07, 6.45) is 1.09. The summed E-state index contributed by atoms with van der Waals surface area (Å²) in [5, 5.41) is 8.52. The van der Waals surface area contributed by atoms with Gasteiger partial charge in [0, 0.05) is 5.56 Å². The number of amides is 2. The van der Waals surface area contributed by atoms with Gasteiger partial charge in [-0.15, -0.1) is 0 Å². The predicted octanol–water partition coefficient (Wildman–Crippen LogP) is 1.78. The zero-order chi connectivity index (χ0) is 20.8. The summed E-state index contributed by atoms with van der Waals surface area (Å²) in [5.74, 6) is -2.45. The predicted molar refractivity (Wildman–Crippen MR) is 103 cm³/mol. The molecule has 0 saturated carbocycles. The van der Waals surface area contributed by atoms with Gasteiger partial charge in [0.1, 0.15) is 29.1 Å². The van der Waals surface area contributed by atoms with E-state index in [0.717, 1.165) is 12.1 Å². The molecule has 2 aromatic rings. The first-order valence-corrected chi connectivity index (χ1v) is 8.52. The number of aliphatic imine (C=N–C) groups is 1. The summed E-state index contributed by atoms with van der Waals surface area (Å²) in [5.41, 5.74) is 2.70. The third-order valence-electron chi connectivity index (χ3n) is 3.95. The second-order valence-electron chi connectivity index (χ2n) is 5.94. The zero-order valence-electron chi connectivity index (χ0n) is 15.3. The standard InChI is InChI=1S/C19H17F2N5O3/c1-29-15-8-3-2-5-11(15)10-22-26-19-23-14(18(28)25-19)9-16(27)24-17-12(20)6-4-7-13(17)21/h2-8,10,14H,9H2,1H3,(H,24,27)(H2,23,25,26,28)/b22-10-/t14-/m0/s1. The highest BCUT2D eigenvalue weighted by molar-refractivity contribution is 6.07. The van der Waals surface area contributed by atoms with Gasteiger partial charge < -0.3 is 10.1 Å². The molecule has 0 radical (unpaired) electrons. The molecule has 1 heterocycles. The molecule has 3 N–H and O–H groups in total. The first kappa shape index (κ1) is 19.9. The average molecular weight is 401 g/mol. The number of hydrogen-bond acceptors (Lipinski definition) is 6. The van der Waals surface area contributed by atoms with E-state index in [-0.39, 0.29) is 12.4 Å². The number of carbonyl (C=O) groups excluding carboxylic acids is 2. The highest BCUT2D eigenvalue weighted by Crippen LogP contribution is 2.19. The van der Waals surface area contributed by atoms with Crippen molar-refractivity contribution in [3.05, 3.63) is 59.7 Å². The number of para-hydroxylation sites is 2. The van der Waals surface area contributed by atoms with E-state index < -0.39 is 35.2 Å². The molecule has 0 aliphatic carbocycles. The van der Waals surface area contributed by atoms with Gasteiger partial charge in [-0.05, 0) is 24.3 Å². The van der Waals surface area contributed by atoms with Gasteiger partial charge in [0.25, 0.3) is 5.91 Å². The molecule has 0 unspecified atom stereocenters. The van der Waals surface area contributed by atoms with E-state index in [0.29, 0.717) is 11.3 Å². The van der Waals surface area contributed by atoms with Crippen molar-refractivity contribution >= 4 is 29.7 Å². The number of halogens is 2. The van der Waals surface area contributed by atoms with Crippen LogP contribution in [0.2, 0.25) is 0 Å². The van der Waals surface area contributed by atoms with Crippen molar-refractivity contribution < 1.29 is 23.1 Å². The summed E-state index contributed by atoms with van der Waals surface area (Å²) >= 11 is 0. The molecule has 0 saturated heterocycles. The number of carbonyl (C=O) groups is 2. The number of guanidine groups is 1. The number of methoxy groups -OCH3 is 1. The van der Waals surface area contributed by atoms with Gasteiger partial charge in [-0.2, -0.15) is 5.10 Å². The summed E-state index contributed by atoms with van der Waals surface area (Å²) in [4.78, 5) is 28.0. The minimum atomic E-state index is -1.05. The average Bonchev–Trinajstić information content (AvgIpc) is 3.04. The molecular weight excluding hydrogens is 384 g/mol. The monoisotopic (exact) mass is 401 g/mol. The third-order valence-corrected chi connectivity index (χ3v) is 3.95. The number of rotatable bonds is 6. The molecule has 8 nitrogen and oxygen atoms in total. The fraction of sp³-hybridized carbons (Fsp3) is 0.158. The van der Waals surface area contributed by atoms with Crippen LogP contribution in [-0.4, -0.2) is 37.1 Å². The van der Waals surface area contributed by atoms with Crippen LogP contribution in [0.25, 0.3) is 0 Å². The van der Waals surface area contributed by atoms with E-state index in [2.05, 4.69) is 26.2 Å². The highest BCUT2D eigenvalue weighted by atomic mass is 19.1. The van der Waals surface area contributed by atoms with E-state index in [1.807, 2.05) is 12.1 Å². The SMILES string of the molecule is COc1ccccc1/C=N\NC1=N[C@@H](CC(=O)Nc2c(F)cccc2F)C(=O)N1. The Morgan fingerprint density at radius 2 is 1.97 bits per heavy atom. The number of nitrogens with one attached hydrogen (secondary N) is 3. The summed E-state index contributed by atoms with van der Waals surface area (Å²) in [6.45, 7) is 0. The van der Waals surface area contributed by atoms with Gasteiger partial charge in [-0.1, -0.05) is 18.2 Å². The summed E-state index contributed by atoms with van der Waals surface area (Å²) < 4.78 is 32.4. The third kappa shape index (κ3) is 4.92. The molecule has 0 fully saturated rings. The molecule has 1 aliphatic heterocycles. The van der Waals surface area contributed by atoms with Crippen LogP contribution in [0.3, 0.4) is 0 Å². The molecule has 150 valence electrons. The Bertz CT molecular complexity index is 973. The maximum absolute atomic E-state index is 13.6. The van der Waals surface area contributed by atoms with Crippen LogP contribution >= 0.6 is 0 Å². The Balaban J connectivity index is 1.59. The number of ether oxygens (including phenoxy) is 1. The fourth-order valence-electron chi connectivity index (χ4n) is 2.56. The summed E-state index contributed by atoms with van der Waals surface area (Å²) in [7, 11) is 1.53. The van der Waals surface area contributed by atoms with Crippen molar-refractivity contribution in [3.63, 3.8) is 0 Å². The molecule has 1 atom stereocenters. The molecule has 10 heteroatoms. The van der Waals surface area contributed by atoms with Crippen molar-refractivity contribution in [1.82, 2.24) is 10.7 Å². The molecule has 0 aromatic heterocycles. The second kappa shape index (κ2) is 8.91. The fourth-order valence-corrected chi connectivity index (χ4v) is 2.56. The van der Waals surface area contributed by atoms with Crippen LogP contribution in [0.5, 0.6) is 5.75 Å². The number of anilines is 1. The summed E-state index contributed by atoms with van der Waals surface area (Å²) in [6, 6.07) is 9.34. The maximum atomic E-state index is 13.6. The van der Waals surface area contributed by atoms with Crippen molar-refractivity contribution in [2.45, 2.75) is 12.5 Å². The van der Waals surface area contributed by atoms with Gasteiger partial charge in [-0.3, -0.25) is 14.9 Å². The highest BCUT2D eigenvalue weighted by Gasteiger charge is 2.29. The van der Waals surface area contributed by atoms with Gasteiger partial charge in [0.05, 0.1) is 19.7 Å². The Hall–Kier alpha value is -3.82. The van der Waals surface area contributed by atoms with Crippen LogP contribution in [0.15, 0.2) is 52.6 Å². The minimum Gasteiger partial charge on any atom is -0.496 e. The van der Waals surface area contributed by atoms with Crippen LogP contribution in [0, 0.1) is 11.6 Å². The van der Waals surface area contributed by atoms with Gasteiger partial charge >= 0.3 is 0 Å². The van der Waals surface area contributed by atoms with Crippen LogP contribution in [-0.2, 0) is 9.59 Å². The Labute approximate surface area is 164 Å². The normalized spacial score (nSPS) is 15.8. The topological polar surface area (TPSA) is 104 Å². The number of benzene rings is 2. The molecular formula is C19H17F2N5O3. The number of nitrogens with zero attached hydrogens (tertiary/aromatic N) is 2. The Morgan fingerprint density at radius 3 is 2.69 bits per heavy atom. The minimum absolute atomic E-state index is 0.0519. The van der Waals surface area contributed by atoms with Crippen LogP contribution < -0.4 is 20.8 Å². The first-order valence-electron chi connectivity index (χ1n) is 8.52. The van der Waals surface area contributed by atoms with Crippen molar-refractivity contribution in [2.75, 3.05) is 12.4 Å². The lowest BCUT2D eigenvalue weighted by Gasteiger charge is -2.08. The largest absolute Gasteiger partial charge is 0.496 e. The lowest BCUT2D eigenvalue weighted by molar-refractivity contribution is -0.123. The quantitative estimate of drug-likeness (QED) is 0.507. The Kier molecular flexibility index (Phi) is 6.12. The van der Waals surface area contributed by atoms with Gasteiger partial charge in [0.2, 0.25) is 11.9 Å². The molecule has 2 amide bonds. The zero-order valence-corrected chi connectivity index (χ0v) is 15.3. The van der Waals surface area contributed by atoms with E-state index in [4.69, 9.17) is 4.74 Å². The van der Waals surface area contributed by atoms with Crippen molar-refractivity contribution in [2.24, 2.45) is 10.1 Å². The van der Waals surface area contributed by atoms with E-state index in [1.54, 1.807) is 12.1 Å². The maximum Gasteiger partial charge on any atom is 0.252 e. The molecule has 2 aromatic carbocycles. The lowest BCUT2D eigenvalue weighted by Crippen LogP contribution is -2.35. The first-order chi connectivity index (χ1) is 14.0. The smallest absolute Gasteiger partial charge is 0.252 e. The molecule has 0 bridgehead atoms. The lowest BCUT2D eigenvalue weighted by atomic mass is 10.2. The van der Waals surface area contributed by atoms with Crippen molar-refractivity contribution in [3.8, 4) is 5.75 Å². The van der Waals surface area contributed by atoms with E-state index in [9.17, 15) is 18.4 Å². The van der Waals surface area contributed by atoms with Gasteiger partial charge in [0.15, 0.2) is 0 Å². The molecule has 3 rings (SSSR count). The number of hydrazone groups is 1. The van der Waals surface area contributed by atoms with Crippen LogP contribution in [0.1, 0.15) is 12.0 Å². The second-order valence-corrected chi connectivity index (χ2v) is 5.94. The van der Waals surface area contributed by atoms with E-state index in [1.165, 1.54) is 19.4 Å².